The first-order chi connectivity index (χ1) is 9.59. The second-order valence-electron chi connectivity index (χ2n) is 5.42. The zero-order valence-corrected chi connectivity index (χ0v) is 12.0. The number of nitrogens with zero attached hydrogens (tertiary/aromatic N) is 1. The van der Waals surface area contributed by atoms with Crippen molar-refractivity contribution in [2.24, 2.45) is 5.92 Å². The fourth-order valence-corrected chi connectivity index (χ4v) is 3.37. The summed E-state index contributed by atoms with van der Waals surface area (Å²) < 4.78 is 19.3. The van der Waals surface area contributed by atoms with Gasteiger partial charge < -0.3 is 10.3 Å². The topological polar surface area (TPSA) is 52.0 Å². The zero-order chi connectivity index (χ0) is 14.3. The smallest absolute Gasteiger partial charge is 0.230 e. The number of hydrogen-bond donors (Lipinski definition) is 1. The Morgan fingerprint density at radius 3 is 2.80 bits per heavy atom. The second kappa shape index (κ2) is 5.09. The van der Waals surface area contributed by atoms with Crippen molar-refractivity contribution in [2.45, 2.75) is 32.1 Å². The SMILES string of the molecule is CC1CCCC1c1noc(N)c1-c1c(F)cccc1Cl. The van der Waals surface area contributed by atoms with E-state index >= 15 is 0 Å². The quantitative estimate of drug-likeness (QED) is 0.879. The van der Waals surface area contributed by atoms with E-state index in [1.54, 1.807) is 12.1 Å². The van der Waals surface area contributed by atoms with Crippen molar-refractivity contribution in [3.63, 3.8) is 0 Å². The fourth-order valence-electron chi connectivity index (χ4n) is 3.11. The van der Waals surface area contributed by atoms with Gasteiger partial charge in [-0.25, -0.2) is 4.39 Å². The van der Waals surface area contributed by atoms with E-state index in [1.165, 1.54) is 6.07 Å². The summed E-state index contributed by atoms with van der Waals surface area (Å²) in [7, 11) is 0. The monoisotopic (exact) mass is 294 g/mol. The first-order valence-electron chi connectivity index (χ1n) is 6.79. The maximum Gasteiger partial charge on any atom is 0.230 e. The summed E-state index contributed by atoms with van der Waals surface area (Å²) in [5.74, 6) is 0.468. The van der Waals surface area contributed by atoms with Crippen LogP contribution in [0.3, 0.4) is 0 Å². The van der Waals surface area contributed by atoms with Crippen molar-refractivity contribution in [3.8, 4) is 11.1 Å². The van der Waals surface area contributed by atoms with Crippen molar-refractivity contribution < 1.29 is 8.91 Å². The van der Waals surface area contributed by atoms with Gasteiger partial charge in [0.25, 0.3) is 0 Å². The minimum absolute atomic E-state index is 0.131. The van der Waals surface area contributed by atoms with Gasteiger partial charge in [0.2, 0.25) is 5.88 Å². The Hall–Kier alpha value is -1.55. The molecule has 2 N–H and O–H groups in total. The first kappa shape index (κ1) is 13.4. The van der Waals surface area contributed by atoms with E-state index < -0.39 is 5.82 Å². The largest absolute Gasteiger partial charge is 0.367 e. The van der Waals surface area contributed by atoms with Gasteiger partial charge in [-0.3, -0.25) is 0 Å². The van der Waals surface area contributed by atoms with E-state index in [1.807, 2.05) is 0 Å². The molecule has 2 unspecified atom stereocenters. The number of rotatable bonds is 2. The van der Waals surface area contributed by atoms with Crippen LogP contribution in [0.1, 0.15) is 37.8 Å². The summed E-state index contributed by atoms with van der Waals surface area (Å²) in [5.41, 5.74) is 7.42. The molecule has 1 aliphatic carbocycles. The molecule has 5 heteroatoms. The number of anilines is 1. The molecule has 106 valence electrons. The summed E-state index contributed by atoms with van der Waals surface area (Å²) in [4.78, 5) is 0. The molecule has 1 heterocycles. The van der Waals surface area contributed by atoms with Crippen LogP contribution >= 0.6 is 11.6 Å². The van der Waals surface area contributed by atoms with Crippen LogP contribution in [0.4, 0.5) is 10.3 Å². The van der Waals surface area contributed by atoms with Crippen LogP contribution in [0.5, 0.6) is 0 Å². The molecule has 3 rings (SSSR count). The summed E-state index contributed by atoms with van der Waals surface area (Å²) in [6, 6.07) is 4.59. The van der Waals surface area contributed by atoms with Crippen molar-refractivity contribution in [2.75, 3.05) is 5.73 Å². The third kappa shape index (κ3) is 2.08. The van der Waals surface area contributed by atoms with Crippen molar-refractivity contribution in [1.29, 1.82) is 0 Å². The molecule has 0 bridgehead atoms. The molecule has 0 radical (unpaired) electrons. The molecule has 1 aromatic heterocycles. The highest BCUT2D eigenvalue weighted by molar-refractivity contribution is 6.33. The molecule has 1 aliphatic rings. The number of halogens is 2. The molecule has 0 aliphatic heterocycles. The third-order valence-corrected chi connectivity index (χ3v) is 4.49. The fraction of sp³-hybridized carbons (Fsp3) is 0.400. The van der Waals surface area contributed by atoms with Crippen molar-refractivity contribution >= 4 is 17.5 Å². The highest BCUT2D eigenvalue weighted by atomic mass is 35.5. The highest BCUT2D eigenvalue weighted by Gasteiger charge is 2.32. The lowest BCUT2D eigenvalue weighted by Gasteiger charge is -2.14. The average molecular weight is 295 g/mol. The standard InChI is InChI=1S/C15H16ClFN2O/c1-8-4-2-5-9(8)14-13(15(18)20-19-14)12-10(16)6-3-7-11(12)17/h3,6-9H,2,4-5,18H2,1H3. The van der Waals surface area contributed by atoms with Gasteiger partial charge in [-0.15, -0.1) is 0 Å². The van der Waals surface area contributed by atoms with Gasteiger partial charge in [-0.1, -0.05) is 42.6 Å². The van der Waals surface area contributed by atoms with E-state index in [9.17, 15) is 4.39 Å². The first-order valence-corrected chi connectivity index (χ1v) is 7.16. The van der Waals surface area contributed by atoms with E-state index in [2.05, 4.69) is 12.1 Å². The second-order valence-corrected chi connectivity index (χ2v) is 5.83. The minimum atomic E-state index is -0.403. The molecule has 1 aromatic carbocycles. The van der Waals surface area contributed by atoms with Crippen LogP contribution < -0.4 is 5.73 Å². The minimum Gasteiger partial charge on any atom is -0.367 e. The molecule has 0 amide bonds. The molecule has 1 saturated carbocycles. The normalized spacial score (nSPS) is 22.4. The van der Waals surface area contributed by atoms with E-state index in [0.29, 0.717) is 22.1 Å². The van der Waals surface area contributed by atoms with Crippen LogP contribution in [0.15, 0.2) is 22.7 Å². The molecule has 2 aromatic rings. The van der Waals surface area contributed by atoms with Crippen molar-refractivity contribution in [1.82, 2.24) is 5.16 Å². The van der Waals surface area contributed by atoms with Crippen molar-refractivity contribution in [3.05, 3.63) is 34.7 Å². The molecule has 1 fully saturated rings. The number of nitrogen functional groups attached to an aromatic ring is 1. The van der Waals surface area contributed by atoms with Gasteiger partial charge in [0, 0.05) is 11.5 Å². The molecular weight excluding hydrogens is 279 g/mol. The molecular formula is C15H16ClFN2O. The van der Waals surface area contributed by atoms with E-state index in [4.69, 9.17) is 21.9 Å². The van der Waals surface area contributed by atoms with E-state index in [0.717, 1.165) is 25.0 Å². The maximum atomic E-state index is 14.1. The molecule has 20 heavy (non-hydrogen) atoms. The van der Waals surface area contributed by atoms with Crippen LogP contribution in [-0.4, -0.2) is 5.16 Å². The highest BCUT2D eigenvalue weighted by Crippen LogP contribution is 2.46. The van der Waals surface area contributed by atoms with Gasteiger partial charge in [-0.05, 0) is 24.5 Å². The molecule has 2 atom stereocenters. The Morgan fingerprint density at radius 1 is 1.35 bits per heavy atom. The lowest BCUT2D eigenvalue weighted by atomic mass is 9.90. The van der Waals surface area contributed by atoms with Gasteiger partial charge in [0.1, 0.15) is 5.82 Å². The Morgan fingerprint density at radius 2 is 2.15 bits per heavy atom. The Balaban J connectivity index is 2.17. The summed E-state index contributed by atoms with van der Waals surface area (Å²) in [5, 5.41) is 4.41. The zero-order valence-electron chi connectivity index (χ0n) is 11.2. The molecule has 0 saturated heterocycles. The predicted octanol–water partition coefficient (Wildman–Crippen LogP) is 4.62. The Labute approximate surface area is 121 Å². The lowest BCUT2D eigenvalue weighted by molar-refractivity contribution is 0.407. The molecule has 3 nitrogen and oxygen atoms in total. The number of hydrogen-bond acceptors (Lipinski definition) is 3. The van der Waals surface area contributed by atoms with Gasteiger partial charge in [0.15, 0.2) is 0 Å². The Kier molecular flexibility index (Phi) is 3.42. The summed E-state index contributed by atoms with van der Waals surface area (Å²) in [6.45, 7) is 2.18. The van der Waals surface area contributed by atoms with Crippen LogP contribution in [0, 0.1) is 11.7 Å². The van der Waals surface area contributed by atoms with Gasteiger partial charge in [0.05, 0.1) is 16.3 Å². The number of nitrogens with two attached hydrogens (primary N) is 1. The number of benzene rings is 1. The van der Waals surface area contributed by atoms with Crippen LogP contribution in [-0.2, 0) is 0 Å². The van der Waals surface area contributed by atoms with Crippen LogP contribution in [0.25, 0.3) is 11.1 Å². The van der Waals surface area contributed by atoms with E-state index in [-0.39, 0.29) is 11.8 Å². The van der Waals surface area contributed by atoms with Gasteiger partial charge in [-0.2, -0.15) is 0 Å². The maximum absolute atomic E-state index is 14.1. The van der Waals surface area contributed by atoms with Crippen LogP contribution in [0.2, 0.25) is 5.02 Å². The summed E-state index contributed by atoms with van der Waals surface area (Å²) >= 11 is 6.14. The number of aromatic nitrogens is 1. The predicted molar refractivity (Wildman–Crippen MR) is 77.1 cm³/mol. The average Bonchev–Trinajstić information content (AvgIpc) is 2.97. The lowest BCUT2D eigenvalue weighted by Crippen LogP contribution is -2.05. The summed E-state index contributed by atoms with van der Waals surface area (Å²) in [6.07, 6.45) is 3.30. The van der Waals surface area contributed by atoms with Gasteiger partial charge >= 0.3 is 0 Å². The molecule has 0 spiro atoms. The third-order valence-electron chi connectivity index (χ3n) is 4.17. The Bertz CT molecular complexity index is 621.